The van der Waals surface area contributed by atoms with E-state index in [1.165, 1.54) is 0 Å². The summed E-state index contributed by atoms with van der Waals surface area (Å²) in [5.74, 6) is 1.88. The molecule has 4 heteroatoms. The van der Waals surface area contributed by atoms with E-state index >= 15 is 0 Å². The molecule has 0 aromatic heterocycles. The molecule has 0 saturated carbocycles. The lowest BCUT2D eigenvalue weighted by atomic mass is 9.87. The fourth-order valence-corrected chi connectivity index (χ4v) is 2.84. The smallest absolute Gasteiger partial charge is 0.400 e. The van der Waals surface area contributed by atoms with Crippen LogP contribution in [0.15, 0.2) is 54.5 Å². The molecule has 25 heavy (non-hydrogen) atoms. The number of hydrogen-bond acceptors (Lipinski definition) is 3. The second-order valence-electron chi connectivity index (χ2n) is 7.23. The van der Waals surface area contributed by atoms with Crippen LogP contribution in [0.25, 0.3) is 17.2 Å². The molecule has 0 spiro atoms. The summed E-state index contributed by atoms with van der Waals surface area (Å²) in [6.45, 7) is 8.10. The molecule has 1 fully saturated rings. The lowest BCUT2D eigenvalue weighted by Crippen LogP contribution is -2.41. The van der Waals surface area contributed by atoms with Gasteiger partial charge in [-0.25, -0.2) is 0 Å². The van der Waals surface area contributed by atoms with Crippen LogP contribution in [0.1, 0.15) is 38.8 Å². The number of benzene rings is 2. The first kappa shape index (κ1) is 17.5. The molecule has 0 unspecified atom stereocenters. The molecular weight excluding hydrogens is 309 g/mol. The van der Waals surface area contributed by atoms with Gasteiger partial charge in [0.2, 0.25) is 0 Å². The Morgan fingerprint density at radius 1 is 0.920 bits per heavy atom. The maximum absolute atomic E-state index is 9.67. The van der Waals surface area contributed by atoms with Crippen LogP contribution in [0.5, 0.6) is 0 Å². The molecule has 0 radical (unpaired) electrons. The van der Waals surface area contributed by atoms with Crippen molar-refractivity contribution in [1.29, 1.82) is 5.26 Å². The molecular formula is C21H22BNO2. The van der Waals surface area contributed by atoms with Gasteiger partial charge >= 0.3 is 7.12 Å². The maximum atomic E-state index is 9.67. The van der Waals surface area contributed by atoms with Crippen LogP contribution in [0.4, 0.5) is 0 Å². The third-order valence-corrected chi connectivity index (χ3v) is 5.00. The van der Waals surface area contributed by atoms with E-state index in [4.69, 9.17) is 9.31 Å². The summed E-state index contributed by atoms with van der Waals surface area (Å²) in [7, 11) is -0.420. The molecule has 2 aromatic carbocycles. The van der Waals surface area contributed by atoms with E-state index in [9.17, 15) is 5.26 Å². The minimum Gasteiger partial charge on any atom is -0.400 e. The number of rotatable bonds is 3. The van der Waals surface area contributed by atoms with E-state index < -0.39 is 7.12 Å². The van der Waals surface area contributed by atoms with Crippen molar-refractivity contribution in [3.8, 4) is 17.2 Å². The second-order valence-corrected chi connectivity index (χ2v) is 7.23. The van der Waals surface area contributed by atoms with E-state index in [0.29, 0.717) is 5.56 Å². The first-order valence-corrected chi connectivity index (χ1v) is 8.46. The Kier molecular flexibility index (Phi) is 4.56. The first-order chi connectivity index (χ1) is 11.8. The van der Waals surface area contributed by atoms with Gasteiger partial charge in [-0.15, -0.1) is 0 Å². The summed E-state index contributed by atoms with van der Waals surface area (Å²) in [5, 5.41) is 9.67. The molecule has 0 amide bonds. The van der Waals surface area contributed by atoms with Gasteiger partial charge in [-0.05, 0) is 38.8 Å². The van der Waals surface area contributed by atoms with Gasteiger partial charge in [0.25, 0.3) is 0 Å². The molecule has 0 N–H and O–H groups in total. The third kappa shape index (κ3) is 3.39. The Morgan fingerprint density at radius 2 is 1.56 bits per heavy atom. The highest BCUT2D eigenvalue weighted by atomic mass is 16.7. The monoisotopic (exact) mass is 331 g/mol. The average Bonchev–Trinajstić information content (AvgIpc) is 2.80. The summed E-state index contributed by atoms with van der Waals surface area (Å²) in [5.41, 5.74) is 2.74. The zero-order valence-electron chi connectivity index (χ0n) is 15.1. The first-order valence-electron chi connectivity index (χ1n) is 8.46. The predicted octanol–water partition coefficient (Wildman–Crippen LogP) is 4.87. The Labute approximate surface area is 150 Å². The molecule has 1 heterocycles. The fourth-order valence-electron chi connectivity index (χ4n) is 2.84. The third-order valence-electron chi connectivity index (χ3n) is 5.00. The molecule has 3 nitrogen and oxygen atoms in total. The maximum Gasteiger partial charge on any atom is 0.487 e. The summed E-state index contributed by atoms with van der Waals surface area (Å²) in [4.78, 5) is 0. The van der Waals surface area contributed by atoms with Crippen molar-refractivity contribution >= 4 is 13.2 Å². The van der Waals surface area contributed by atoms with Crippen molar-refractivity contribution in [2.75, 3.05) is 0 Å². The van der Waals surface area contributed by atoms with Gasteiger partial charge in [-0.2, -0.15) is 5.26 Å². The van der Waals surface area contributed by atoms with Crippen LogP contribution in [0.2, 0.25) is 0 Å². The molecule has 3 rings (SSSR count). The quantitative estimate of drug-likeness (QED) is 0.754. The van der Waals surface area contributed by atoms with Gasteiger partial charge in [0, 0.05) is 5.56 Å². The highest BCUT2D eigenvalue weighted by Gasteiger charge is 2.50. The van der Waals surface area contributed by atoms with Crippen molar-refractivity contribution in [3.63, 3.8) is 0 Å². The summed E-state index contributed by atoms with van der Waals surface area (Å²) in [6, 6.07) is 18.2. The number of nitriles is 1. The lowest BCUT2D eigenvalue weighted by Gasteiger charge is -2.32. The molecule has 0 bridgehead atoms. The Hall–Kier alpha value is -2.35. The Balaban J connectivity index is 1.91. The lowest BCUT2D eigenvalue weighted by molar-refractivity contribution is 0.00578. The molecule has 0 atom stereocenters. The topological polar surface area (TPSA) is 42.2 Å². The van der Waals surface area contributed by atoms with Crippen molar-refractivity contribution in [2.45, 2.75) is 38.9 Å². The molecule has 126 valence electrons. The summed E-state index contributed by atoms with van der Waals surface area (Å²) < 4.78 is 12.0. The fraction of sp³-hybridized carbons (Fsp3) is 0.286. The SMILES string of the molecule is CC1(C)OB(/C=C/c2cccc(-c3ccccc3)c2C#N)OC1(C)C. The molecule has 1 saturated heterocycles. The average molecular weight is 331 g/mol. The van der Waals surface area contributed by atoms with E-state index in [-0.39, 0.29) is 11.2 Å². The Bertz CT molecular complexity index is 819. The van der Waals surface area contributed by atoms with Gasteiger partial charge in [-0.1, -0.05) is 60.6 Å². The van der Waals surface area contributed by atoms with E-state index in [0.717, 1.165) is 16.7 Å². The van der Waals surface area contributed by atoms with Crippen LogP contribution < -0.4 is 0 Å². The predicted molar refractivity (Wildman–Crippen MR) is 102 cm³/mol. The van der Waals surface area contributed by atoms with E-state index in [1.807, 2.05) is 88.3 Å². The Morgan fingerprint density at radius 3 is 2.16 bits per heavy atom. The van der Waals surface area contributed by atoms with Crippen LogP contribution >= 0.6 is 0 Å². The largest absolute Gasteiger partial charge is 0.487 e. The van der Waals surface area contributed by atoms with Crippen LogP contribution in [-0.4, -0.2) is 18.3 Å². The van der Waals surface area contributed by atoms with Gasteiger partial charge in [-0.3, -0.25) is 0 Å². The van der Waals surface area contributed by atoms with Crippen LogP contribution in [0.3, 0.4) is 0 Å². The molecule has 1 aliphatic rings. The summed E-state index contributed by atoms with van der Waals surface area (Å²) >= 11 is 0. The number of hydrogen-bond donors (Lipinski definition) is 0. The normalized spacial score (nSPS) is 18.4. The van der Waals surface area contributed by atoms with Gasteiger partial charge in [0.15, 0.2) is 0 Å². The second kappa shape index (κ2) is 6.52. The van der Waals surface area contributed by atoms with Gasteiger partial charge < -0.3 is 9.31 Å². The zero-order chi connectivity index (χ0) is 18.1. The minimum absolute atomic E-state index is 0.369. The number of nitrogens with zero attached hydrogens (tertiary/aromatic N) is 1. The highest BCUT2D eigenvalue weighted by Crippen LogP contribution is 2.37. The van der Waals surface area contributed by atoms with E-state index in [2.05, 4.69) is 6.07 Å². The van der Waals surface area contributed by atoms with Crippen LogP contribution in [0, 0.1) is 11.3 Å². The van der Waals surface area contributed by atoms with Crippen molar-refractivity contribution < 1.29 is 9.31 Å². The van der Waals surface area contributed by atoms with Crippen LogP contribution in [-0.2, 0) is 9.31 Å². The van der Waals surface area contributed by atoms with Crippen molar-refractivity contribution in [1.82, 2.24) is 0 Å². The minimum atomic E-state index is -0.420. The zero-order valence-corrected chi connectivity index (χ0v) is 15.1. The highest BCUT2D eigenvalue weighted by molar-refractivity contribution is 6.52. The van der Waals surface area contributed by atoms with Crippen molar-refractivity contribution in [2.24, 2.45) is 0 Å². The standard InChI is InChI=1S/C21H22BNO2/c1-20(2)21(3,4)25-22(24-20)14-13-17-11-8-12-18(19(17)15-23)16-9-6-5-7-10-16/h5-14H,1-4H3/b14-13+. The molecule has 0 aliphatic carbocycles. The van der Waals surface area contributed by atoms with E-state index in [1.54, 1.807) is 0 Å². The van der Waals surface area contributed by atoms with Gasteiger partial charge in [0.1, 0.15) is 6.07 Å². The summed E-state index contributed by atoms with van der Waals surface area (Å²) in [6.07, 6.45) is 1.91. The van der Waals surface area contributed by atoms with Crippen molar-refractivity contribution in [3.05, 3.63) is 65.6 Å². The molecule has 1 aliphatic heterocycles. The van der Waals surface area contributed by atoms with Gasteiger partial charge in [0.05, 0.1) is 16.8 Å². The molecule has 2 aromatic rings.